The minimum atomic E-state index is -1.09. The molecule has 0 aliphatic carbocycles. The number of ketones is 2. The van der Waals surface area contributed by atoms with E-state index in [1.807, 2.05) is 42.9 Å². The fourth-order valence-corrected chi connectivity index (χ4v) is 9.67. The first-order chi connectivity index (χ1) is 31.0. The maximum Gasteiger partial charge on any atom is 0.347 e. The van der Waals surface area contributed by atoms with E-state index in [-0.39, 0.29) is 52.1 Å². The number of amides is 2. The van der Waals surface area contributed by atoms with Gasteiger partial charge >= 0.3 is 11.9 Å². The Bertz CT molecular complexity index is 2410. The number of hydrogen-bond donors (Lipinski definition) is 3. The van der Waals surface area contributed by atoms with E-state index in [0.717, 1.165) is 51.4 Å². The number of fused-ring (bicyclic) bond motifs is 2. The van der Waals surface area contributed by atoms with Gasteiger partial charge in [-0.15, -0.1) is 0 Å². The third kappa shape index (κ3) is 12.7. The lowest BCUT2D eigenvalue weighted by atomic mass is 9.77. The number of rotatable bonds is 27. The molecule has 3 atom stereocenters. The van der Waals surface area contributed by atoms with Crippen LogP contribution in [0.5, 0.6) is 11.5 Å². The zero-order valence-electron chi connectivity index (χ0n) is 40.7. The standard InChI is InChI=1S/C51H70N4O10S/c1-12-62-48(60)44(30(3)4)64-36-23-19-21-34-40(36)38(42(56)46(52)58)32(7)54(34)27-17-14-15-25-50(9,10)29-51(11,66)26-16-18-28-55-33(8)39(43(57)47(53)59)41-35(55)22-20-24-37(41)65-45(31(5)6)49(61)63-13-2/h19,21-23,30-31,44-45,66H,12-18,25-29H2,1-11H3,(H2,52,58)(H2,53,59). The quantitative estimate of drug-likeness (QED) is 0.0171. The van der Waals surface area contributed by atoms with E-state index in [1.54, 1.807) is 45.9 Å². The van der Waals surface area contributed by atoms with Crippen LogP contribution in [0.4, 0.5) is 0 Å². The monoisotopic (exact) mass is 930 g/mol. The van der Waals surface area contributed by atoms with Crippen LogP contribution in [0.1, 0.15) is 146 Å². The maximum absolute atomic E-state index is 13.3. The molecule has 15 heteroatoms. The zero-order chi connectivity index (χ0) is 49.3. The molecule has 360 valence electrons. The summed E-state index contributed by atoms with van der Waals surface area (Å²) in [4.78, 5) is 76.6. The van der Waals surface area contributed by atoms with Crippen molar-refractivity contribution in [2.75, 3.05) is 13.2 Å². The number of nitrogens with two attached hydrogens (primary N) is 2. The summed E-state index contributed by atoms with van der Waals surface area (Å²) in [6, 6.07) is 13.0. The van der Waals surface area contributed by atoms with Crippen LogP contribution in [0, 0.1) is 43.2 Å². The fraction of sp³-hybridized carbons (Fsp3) is 0.569. The van der Waals surface area contributed by atoms with Crippen molar-refractivity contribution < 1.29 is 47.7 Å². The summed E-state index contributed by atoms with van der Waals surface area (Å²) in [6.07, 6.45) is 5.12. The van der Waals surface area contributed by atoms with E-state index in [9.17, 15) is 28.8 Å². The second-order valence-corrected chi connectivity index (χ2v) is 20.0. The topological polar surface area (TPSA) is 201 Å². The molecule has 2 amide bonds. The molecule has 0 saturated carbocycles. The maximum atomic E-state index is 13.3. The van der Waals surface area contributed by atoms with Crippen LogP contribution in [-0.2, 0) is 41.7 Å². The third-order valence-corrected chi connectivity index (χ3v) is 12.5. The lowest BCUT2D eigenvalue weighted by Crippen LogP contribution is -2.34. The molecule has 0 aliphatic heterocycles. The molecule has 0 radical (unpaired) electrons. The number of carbonyl (C=O) groups is 6. The number of hydrogen-bond acceptors (Lipinski definition) is 11. The summed E-state index contributed by atoms with van der Waals surface area (Å²) in [5.74, 6) is -4.91. The van der Waals surface area contributed by atoms with Crippen LogP contribution >= 0.6 is 12.6 Å². The van der Waals surface area contributed by atoms with Crippen LogP contribution in [-0.4, -0.2) is 74.6 Å². The summed E-state index contributed by atoms with van der Waals surface area (Å²) in [7, 11) is 0. The predicted octanol–water partition coefficient (Wildman–Crippen LogP) is 8.62. The number of thiol groups is 1. The highest BCUT2D eigenvalue weighted by Gasteiger charge is 2.33. The van der Waals surface area contributed by atoms with Gasteiger partial charge in [-0.25, -0.2) is 9.59 Å². The number of benzene rings is 1. The first-order valence-electron chi connectivity index (χ1n) is 23.1. The van der Waals surface area contributed by atoms with Crippen LogP contribution in [0.15, 0.2) is 24.3 Å². The Labute approximate surface area is 395 Å². The normalized spacial score (nSPS) is 13.6. The molecule has 0 aliphatic rings. The minimum Gasteiger partial charge on any atom is -0.478 e. The number of ether oxygens (including phenoxy) is 4. The summed E-state index contributed by atoms with van der Waals surface area (Å²) >= 11 is 5.15. The van der Waals surface area contributed by atoms with Crippen LogP contribution in [0.3, 0.4) is 0 Å². The molecule has 4 N–H and O–H groups in total. The molecule has 0 saturated heterocycles. The van der Waals surface area contributed by atoms with Crippen molar-refractivity contribution >= 4 is 69.8 Å². The van der Waals surface area contributed by atoms with Crippen molar-refractivity contribution in [3.63, 3.8) is 0 Å². The number of primary amides is 2. The lowest BCUT2D eigenvalue weighted by Gasteiger charge is -2.34. The van der Waals surface area contributed by atoms with Crippen molar-refractivity contribution in [2.45, 2.75) is 158 Å². The summed E-state index contributed by atoms with van der Waals surface area (Å²) in [5.41, 5.74) is 13.8. The van der Waals surface area contributed by atoms with Crippen molar-refractivity contribution in [3.8, 4) is 11.5 Å². The van der Waals surface area contributed by atoms with Gasteiger partial charge in [0.25, 0.3) is 23.4 Å². The molecule has 0 spiro atoms. The van der Waals surface area contributed by atoms with Gasteiger partial charge in [-0.1, -0.05) is 79.9 Å². The fourth-order valence-electron chi connectivity index (χ4n) is 9.09. The number of Topliss-reactive ketones (excluding diaryl/α,β-unsaturated/α-hetero) is 2. The number of nitrogens with zero attached hydrogens (tertiary/aromatic N) is 2. The van der Waals surface area contributed by atoms with Crippen molar-refractivity contribution in [1.29, 1.82) is 0 Å². The van der Waals surface area contributed by atoms with Crippen molar-refractivity contribution in [1.82, 2.24) is 9.13 Å². The number of carbonyl (C=O) groups excluding carboxylic acids is 6. The molecule has 14 nitrogen and oxygen atoms in total. The van der Waals surface area contributed by atoms with Crippen molar-refractivity contribution in [2.24, 2.45) is 28.7 Å². The molecule has 0 fully saturated rings. The molecule has 4 aromatic rings. The van der Waals surface area contributed by atoms with Crippen LogP contribution in [0.25, 0.3) is 21.8 Å². The summed E-state index contributed by atoms with van der Waals surface area (Å²) < 4.78 is 26.6. The smallest absolute Gasteiger partial charge is 0.347 e. The molecule has 4 rings (SSSR count). The Hall–Kier alpha value is -5.49. The van der Waals surface area contributed by atoms with Gasteiger partial charge < -0.3 is 39.5 Å². The average Bonchev–Trinajstić information content (AvgIpc) is 3.68. The first-order valence-corrected chi connectivity index (χ1v) is 23.6. The van der Waals surface area contributed by atoms with Gasteiger partial charge in [-0.2, -0.15) is 12.6 Å². The van der Waals surface area contributed by atoms with Crippen molar-refractivity contribution in [3.05, 3.63) is 58.9 Å². The molecular formula is C51H70N4O10S. The molecule has 0 bridgehead atoms. The zero-order valence-corrected chi connectivity index (χ0v) is 41.6. The molecular weight excluding hydrogens is 861 g/mol. The minimum absolute atomic E-state index is 0.0108. The SMILES string of the molecule is CCOC(=O)C(Oc1c#ccc2c1c(C(=O)C(N)=O)c(C)n2CCCCC(C)(S)CC(C)(C)CCCCCn1c(C)c(C(=O)C(N)=O)c2c(OC(C(=O)OCC)C(C)C)cccc21)C(C)C. The number of esters is 2. The third-order valence-electron chi connectivity index (χ3n) is 12.1. The predicted molar refractivity (Wildman–Crippen MR) is 258 cm³/mol. The Morgan fingerprint density at radius 3 is 1.73 bits per heavy atom. The highest BCUT2D eigenvalue weighted by atomic mass is 32.1. The van der Waals surface area contributed by atoms with Gasteiger partial charge in [0.05, 0.1) is 46.1 Å². The van der Waals surface area contributed by atoms with Gasteiger partial charge in [-0.05, 0) is 83.4 Å². The number of aromatic nitrogens is 2. The van der Waals surface area contributed by atoms with Gasteiger partial charge in [0.15, 0.2) is 18.0 Å². The van der Waals surface area contributed by atoms with Crippen LogP contribution < -0.4 is 20.9 Å². The first kappa shape index (κ1) is 53.1. The average molecular weight is 931 g/mol. The van der Waals surface area contributed by atoms with Crippen LogP contribution in [0.2, 0.25) is 0 Å². The second kappa shape index (κ2) is 22.8. The van der Waals surface area contributed by atoms with Gasteiger partial charge in [-0.3, -0.25) is 19.2 Å². The van der Waals surface area contributed by atoms with E-state index in [1.165, 1.54) is 0 Å². The Morgan fingerprint density at radius 1 is 0.697 bits per heavy atom. The highest BCUT2D eigenvalue weighted by Crippen LogP contribution is 2.40. The second-order valence-electron chi connectivity index (χ2n) is 18.9. The van der Waals surface area contributed by atoms with E-state index in [0.29, 0.717) is 52.0 Å². The van der Waals surface area contributed by atoms with E-state index < -0.39 is 47.5 Å². The summed E-state index contributed by atoms with van der Waals surface area (Å²) in [6.45, 7) is 22.6. The summed E-state index contributed by atoms with van der Waals surface area (Å²) in [5, 5.41) is 0.808. The molecule has 3 unspecified atom stereocenters. The molecule has 2 aromatic heterocycles. The van der Waals surface area contributed by atoms with Gasteiger partial charge in [0.1, 0.15) is 5.75 Å². The molecule has 66 heavy (non-hydrogen) atoms. The number of unbranched alkanes of at least 4 members (excludes halogenated alkanes) is 3. The number of aryl methyl sites for hydroxylation is 2. The van der Waals surface area contributed by atoms with E-state index >= 15 is 0 Å². The molecule has 2 aromatic carbocycles. The lowest BCUT2D eigenvalue weighted by molar-refractivity contribution is -0.154. The van der Waals surface area contributed by atoms with E-state index in [4.69, 9.17) is 43.0 Å². The van der Waals surface area contributed by atoms with Gasteiger partial charge in [0, 0.05) is 47.1 Å². The Balaban J connectivity index is 1.41. The Morgan fingerprint density at radius 2 is 1.20 bits per heavy atom. The van der Waals surface area contributed by atoms with E-state index in [2.05, 4.69) is 32.9 Å². The van der Waals surface area contributed by atoms with Gasteiger partial charge in [0.2, 0.25) is 0 Å². The highest BCUT2D eigenvalue weighted by molar-refractivity contribution is 7.81. The Kier molecular flexibility index (Phi) is 18.4. The largest absolute Gasteiger partial charge is 0.478 e. The molecule has 2 heterocycles.